The number of fused-ring (bicyclic) bond motifs is 1. The number of methoxy groups -OCH3 is 1. The molecule has 0 bridgehead atoms. The van der Waals surface area contributed by atoms with Crippen LogP contribution in [0.3, 0.4) is 0 Å². The Bertz CT molecular complexity index is 762. The third-order valence-corrected chi connectivity index (χ3v) is 3.37. The van der Waals surface area contributed by atoms with Crippen molar-refractivity contribution < 1.29 is 4.74 Å². The van der Waals surface area contributed by atoms with Crippen molar-refractivity contribution >= 4 is 16.6 Å². The maximum absolute atomic E-state index is 6.08. The largest absolute Gasteiger partial charge is 0.497 e. The Balaban J connectivity index is 2.03. The van der Waals surface area contributed by atoms with E-state index in [-0.39, 0.29) is 0 Å². The van der Waals surface area contributed by atoms with Gasteiger partial charge in [0.05, 0.1) is 30.6 Å². The molecular formula is C16H17N3O. The summed E-state index contributed by atoms with van der Waals surface area (Å²) in [5.41, 5.74) is 9.82. The van der Waals surface area contributed by atoms with Crippen LogP contribution in [0.2, 0.25) is 0 Å². The van der Waals surface area contributed by atoms with Crippen LogP contribution in [0.25, 0.3) is 10.9 Å². The van der Waals surface area contributed by atoms with E-state index < -0.39 is 0 Å². The molecule has 2 N–H and O–H groups in total. The fourth-order valence-corrected chi connectivity index (χ4v) is 2.50. The molecule has 3 aromatic rings. The lowest BCUT2D eigenvalue weighted by molar-refractivity contribution is 0.413. The number of pyridine rings is 1. The highest BCUT2D eigenvalue weighted by Crippen LogP contribution is 2.23. The first-order chi connectivity index (χ1) is 9.67. The predicted octanol–water partition coefficient (Wildman–Crippen LogP) is 2.98. The zero-order valence-corrected chi connectivity index (χ0v) is 11.6. The van der Waals surface area contributed by atoms with Gasteiger partial charge in [0.25, 0.3) is 0 Å². The number of benzene rings is 1. The molecule has 0 radical (unpaired) electrons. The van der Waals surface area contributed by atoms with Crippen LogP contribution in [-0.2, 0) is 6.54 Å². The molecule has 0 atom stereocenters. The van der Waals surface area contributed by atoms with E-state index in [9.17, 15) is 0 Å². The Morgan fingerprint density at radius 1 is 1.25 bits per heavy atom. The summed E-state index contributed by atoms with van der Waals surface area (Å²) in [5, 5.41) is 1.14. The van der Waals surface area contributed by atoms with Crippen LogP contribution in [-0.4, -0.2) is 16.7 Å². The standard InChI is InChI=1S/C16H17N3O/c1-11-8-14(20-2)9-13(18-11)10-19-7-6-12-4-3-5-15(17)16(12)19/h3-9H,10,17H2,1-2H3. The lowest BCUT2D eigenvalue weighted by Gasteiger charge is -2.09. The van der Waals surface area contributed by atoms with Crippen LogP contribution in [0, 0.1) is 6.92 Å². The van der Waals surface area contributed by atoms with Crippen LogP contribution in [0.1, 0.15) is 11.4 Å². The number of hydrogen-bond acceptors (Lipinski definition) is 3. The summed E-state index contributed by atoms with van der Waals surface area (Å²) in [4.78, 5) is 4.55. The molecule has 2 heterocycles. The number of aromatic nitrogens is 2. The van der Waals surface area contributed by atoms with Gasteiger partial charge in [0.15, 0.2) is 0 Å². The molecule has 0 amide bonds. The molecular weight excluding hydrogens is 250 g/mol. The van der Waals surface area contributed by atoms with Gasteiger partial charge in [-0.05, 0) is 19.1 Å². The highest BCUT2D eigenvalue weighted by atomic mass is 16.5. The Hall–Kier alpha value is -2.49. The maximum atomic E-state index is 6.08. The van der Waals surface area contributed by atoms with Gasteiger partial charge in [-0.2, -0.15) is 0 Å². The molecule has 1 aromatic carbocycles. The molecule has 0 saturated heterocycles. The monoisotopic (exact) mass is 267 g/mol. The summed E-state index contributed by atoms with van der Waals surface area (Å²) in [6, 6.07) is 11.9. The van der Waals surface area contributed by atoms with Gasteiger partial charge in [-0.25, -0.2) is 0 Å². The zero-order valence-electron chi connectivity index (χ0n) is 11.6. The molecule has 0 aliphatic carbocycles. The topological polar surface area (TPSA) is 53.1 Å². The van der Waals surface area contributed by atoms with Crippen LogP contribution >= 0.6 is 0 Å². The fourth-order valence-electron chi connectivity index (χ4n) is 2.50. The van der Waals surface area contributed by atoms with E-state index in [0.717, 1.165) is 33.7 Å². The average Bonchev–Trinajstić information content (AvgIpc) is 2.82. The minimum absolute atomic E-state index is 0.676. The molecule has 102 valence electrons. The number of anilines is 1. The average molecular weight is 267 g/mol. The quantitative estimate of drug-likeness (QED) is 0.742. The summed E-state index contributed by atoms with van der Waals surface area (Å²) in [6.45, 7) is 2.64. The van der Waals surface area contributed by atoms with E-state index in [1.807, 2.05) is 37.4 Å². The molecule has 4 nitrogen and oxygen atoms in total. The fraction of sp³-hybridized carbons (Fsp3) is 0.188. The molecule has 0 unspecified atom stereocenters. The summed E-state index contributed by atoms with van der Waals surface area (Å²) >= 11 is 0. The Morgan fingerprint density at radius 3 is 2.90 bits per heavy atom. The second-order valence-corrected chi connectivity index (χ2v) is 4.87. The van der Waals surface area contributed by atoms with E-state index in [2.05, 4.69) is 21.7 Å². The van der Waals surface area contributed by atoms with Crippen molar-refractivity contribution in [2.45, 2.75) is 13.5 Å². The van der Waals surface area contributed by atoms with Crippen LogP contribution < -0.4 is 10.5 Å². The van der Waals surface area contributed by atoms with Gasteiger partial charge >= 0.3 is 0 Å². The van der Waals surface area contributed by atoms with Crippen LogP contribution in [0.15, 0.2) is 42.6 Å². The van der Waals surface area contributed by atoms with E-state index in [1.54, 1.807) is 7.11 Å². The molecule has 20 heavy (non-hydrogen) atoms. The molecule has 0 saturated carbocycles. The summed E-state index contributed by atoms with van der Waals surface area (Å²) in [7, 11) is 1.67. The third kappa shape index (κ3) is 2.20. The second-order valence-electron chi connectivity index (χ2n) is 4.87. The van der Waals surface area contributed by atoms with Gasteiger partial charge in [-0.15, -0.1) is 0 Å². The highest BCUT2D eigenvalue weighted by molar-refractivity contribution is 5.90. The first-order valence-electron chi connectivity index (χ1n) is 6.52. The van der Waals surface area contributed by atoms with Crippen molar-refractivity contribution in [1.29, 1.82) is 0 Å². The Morgan fingerprint density at radius 2 is 2.10 bits per heavy atom. The molecule has 3 rings (SSSR count). The van der Waals surface area contributed by atoms with Crippen molar-refractivity contribution in [3.05, 3.63) is 54.0 Å². The molecule has 0 spiro atoms. The first-order valence-corrected chi connectivity index (χ1v) is 6.52. The van der Waals surface area contributed by atoms with Crippen LogP contribution in [0.5, 0.6) is 5.75 Å². The van der Waals surface area contributed by atoms with E-state index in [4.69, 9.17) is 10.5 Å². The number of hydrogen-bond donors (Lipinski definition) is 1. The van der Waals surface area contributed by atoms with Gasteiger partial charge in [-0.1, -0.05) is 12.1 Å². The van der Waals surface area contributed by atoms with Crippen molar-refractivity contribution in [2.24, 2.45) is 0 Å². The number of nitrogen functional groups attached to an aromatic ring is 1. The number of aryl methyl sites for hydroxylation is 1. The molecule has 4 heteroatoms. The van der Waals surface area contributed by atoms with Crippen molar-refractivity contribution in [3.8, 4) is 5.75 Å². The lowest BCUT2D eigenvalue weighted by Crippen LogP contribution is -2.03. The number of para-hydroxylation sites is 1. The number of ether oxygens (including phenoxy) is 1. The van der Waals surface area contributed by atoms with E-state index in [0.29, 0.717) is 6.54 Å². The number of nitrogens with zero attached hydrogens (tertiary/aromatic N) is 2. The smallest absolute Gasteiger partial charge is 0.122 e. The minimum atomic E-state index is 0.676. The van der Waals surface area contributed by atoms with Gasteiger partial charge in [0.1, 0.15) is 5.75 Å². The molecule has 0 fully saturated rings. The minimum Gasteiger partial charge on any atom is -0.497 e. The van der Waals surface area contributed by atoms with Gasteiger partial charge in [-0.3, -0.25) is 4.98 Å². The van der Waals surface area contributed by atoms with Crippen molar-refractivity contribution in [3.63, 3.8) is 0 Å². The van der Waals surface area contributed by atoms with Crippen LogP contribution in [0.4, 0.5) is 5.69 Å². The van der Waals surface area contributed by atoms with E-state index in [1.165, 1.54) is 0 Å². The lowest BCUT2D eigenvalue weighted by atomic mass is 10.2. The molecule has 0 aliphatic rings. The summed E-state index contributed by atoms with van der Waals surface area (Å²) in [6.07, 6.45) is 2.04. The number of rotatable bonds is 3. The second kappa shape index (κ2) is 4.89. The first kappa shape index (κ1) is 12.5. The molecule has 2 aromatic heterocycles. The number of nitrogens with two attached hydrogens (primary N) is 1. The third-order valence-electron chi connectivity index (χ3n) is 3.37. The normalized spacial score (nSPS) is 10.9. The molecule has 0 aliphatic heterocycles. The van der Waals surface area contributed by atoms with Gasteiger partial charge < -0.3 is 15.0 Å². The Kier molecular flexibility index (Phi) is 3.06. The Labute approximate surface area is 117 Å². The van der Waals surface area contributed by atoms with Crippen molar-refractivity contribution in [2.75, 3.05) is 12.8 Å². The zero-order chi connectivity index (χ0) is 14.1. The van der Waals surface area contributed by atoms with E-state index >= 15 is 0 Å². The highest BCUT2D eigenvalue weighted by Gasteiger charge is 2.07. The predicted molar refractivity (Wildman–Crippen MR) is 81.0 cm³/mol. The SMILES string of the molecule is COc1cc(C)nc(Cn2ccc3cccc(N)c32)c1. The summed E-state index contributed by atoms with van der Waals surface area (Å²) < 4.78 is 7.41. The van der Waals surface area contributed by atoms with Gasteiger partial charge in [0.2, 0.25) is 0 Å². The van der Waals surface area contributed by atoms with Gasteiger partial charge in [0, 0.05) is 29.4 Å². The summed E-state index contributed by atoms with van der Waals surface area (Å²) in [5.74, 6) is 0.830. The van der Waals surface area contributed by atoms with Crippen molar-refractivity contribution in [1.82, 2.24) is 9.55 Å². The maximum Gasteiger partial charge on any atom is 0.122 e.